The van der Waals surface area contributed by atoms with E-state index in [1.807, 2.05) is 18.7 Å². The molecule has 2 fully saturated rings. The Kier molecular flexibility index (Phi) is 4.76. The van der Waals surface area contributed by atoms with Gasteiger partial charge in [-0.3, -0.25) is 9.69 Å². The van der Waals surface area contributed by atoms with Crippen molar-refractivity contribution in [3.05, 3.63) is 11.8 Å². The van der Waals surface area contributed by atoms with Gasteiger partial charge in [-0.05, 0) is 12.8 Å². The maximum Gasteiger partial charge on any atom is 0.230 e. The van der Waals surface area contributed by atoms with Crippen LogP contribution in [0.25, 0.3) is 0 Å². The minimum atomic E-state index is 0.266. The molecule has 1 aromatic heterocycles. The highest BCUT2D eigenvalue weighted by atomic mass is 16.4. The second kappa shape index (κ2) is 6.77. The maximum absolute atomic E-state index is 12.4. The van der Waals surface area contributed by atoms with E-state index in [2.05, 4.69) is 15.1 Å². The predicted molar refractivity (Wildman–Crippen MR) is 82.2 cm³/mol. The minimum Gasteiger partial charge on any atom is -0.424 e. The summed E-state index contributed by atoms with van der Waals surface area (Å²) in [6, 6.07) is 0. The molecule has 0 spiro atoms. The van der Waals surface area contributed by atoms with Gasteiger partial charge in [0.05, 0.1) is 6.54 Å². The van der Waals surface area contributed by atoms with E-state index >= 15 is 0 Å². The van der Waals surface area contributed by atoms with Crippen LogP contribution in [0.5, 0.6) is 0 Å². The Morgan fingerprint density at radius 2 is 1.86 bits per heavy atom. The molecule has 0 bridgehead atoms. The fourth-order valence-corrected chi connectivity index (χ4v) is 3.31. The van der Waals surface area contributed by atoms with Crippen molar-refractivity contribution in [3.8, 4) is 0 Å². The third-order valence-electron chi connectivity index (χ3n) is 4.72. The van der Waals surface area contributed by atoms with Crippen LogP contribution >= 0.6 is 0 Å². The first-order chi connectivity index (χ1) is 10.6. The lowest BCUT2D eigenvalue weighted by Gasteiger charge is -2.35. The van der Waals surface area contributed by atoms with E-state index in [9.17, 15) is 4.79 Å². The number of hydrogen-bond acceptors (Lipinski definition) is 5. The summed E-state index contributed by atoms with van der Waals surface area (Å²) in [7, 11) is 0. The smallest absolute Gasteiger partial charge is 0.230 e. The normalized spacial score (nSPS) is 21.0. The number of piperazine rings is 1. The first-order valence-electron chi connectivity index (χ1n) is 8.47. The standard InChI is InChI=1S/C16H26N4O2/c1-12(2)15-18-17-14(22-15)11-19-7-9-20(10-8-19)16(21)13-5-3-4-6-13/h12-13H,3-11H2,1-2H3. The van der Waals surface area contributed by atoms with E-state index in [-0.39, 0.29) is 11.8 Å². The fourth-order valence-electron chi connectivity index (χ4n) is 3.31. The molecular formula is C16H26N4O2. The zero-order valence-electron chi connectivity index (χ0n) is 13.6. The number of nitrogens with zero attached hydrogens (tertiary/aromatic N) is 4. The van der Waals surface area contributed by atoms with Gasteiger partial charge in [0, 0.05) is 38.0 Å². The summed E-state index contributed by atoms with van der Waals surface area (Å²) in [6.45, 7) is 8.19. The summed E-state index contributed by atoms with van der Waals surface area (Å²) >= 11 is 0. The average Bonchev–Trinajstić information content (AvgIpc) is 3.19. The molecule has 1 aliphatic carbocycles. The second-order valence-electron chi connectivity index (χ2n) is 6.77. The van der Waals surface area contributed by atoms with E-state index in [0.717, 1.165) is 39.0 Å². The molecule has 1 aliphatic heterocycles. The van der Waals surface area contributed by atoms with Gasteiger partial charge in [0.15, 0.2) is 0 Å². The molecule has 2 aliphatic rings. The maximum atomic E-state index is 12.4. The number of carbonyl (C=O) groups excluding carboxylic acids is 1. The van der Waals surface area contributed by atoms with E-state index in [4.69, 9.17) is 4.42 Å². The van der Waals surface area contributed by atoms with Gasteiger partial charge >= 0.3 is 0 Å². The molecular weight excluding hydrogens is 280 g/mol. The molecule has 0 aromatic carbocycles. The van der Waals surface area contributed by atoms with Crippen LogP contribution in [0.15, 0.2) is 4.42 Å². The van der Waals surface area contributed by atoms with Gasteiger partial charge in [0.25, 0.3) is 0 Å². The van der Waals surface area contributed by atoms with Crippen molar-refractivity contribution in [2.24, 2.45) is 5.92 Å². The van der Waals surface area contributed by atoms with Gasteiger partial charge < -0.3 is 9.32 Å². The highest BCUT2D eigenvalue weighted by Gasteiger charge is 2.29. The van der Waals surface area contributed by atoms with Crippen LogP contribution in [0.2, 0.25) is 0 Å². The average molecular weight is 306 g/mol. The van der Waals surface area contributed by atoms with E-state index in [0.29, 0.717) is 24.2 Å². The molecule has 0 N–H and O–H groups in total. The molecule has 6 heteroatoms. The fraction of sp³-hybridized carbons (Fsp3) is 0.812. The Bertz CT molecular complexity index is 500. The Hall–Kier alpha value is -1.43. The third kappa shape index (κ3) is 3.48. The SMILES string of the molecule is CC(C)c1nnc(CN2CCN(C(=O)C3CCCC3)CC2)o1. The van der Waals surface area contributed by atoms with Gasteiger partial charge in [-0.2, -0.15) is 0 Å². The predicted octanol–water partition coefficient (Wildman–Crippen LogP) is 2.03. The van der Waals surface area contributed by atoms with Crippen LogP contribution in [0.1, 0.15) is 57.2 Å². The number of hydrogen-bond donors (Lipinski definition) is 0. The van der Waals surface area contributed by atoms with Gasteiger partial charge in [-0.25, -0.2) is 0 Å². The van der Waals surface area contributed by atoms with Crippen molar-refractivity contribution in [2.45, 2.75) is 52.0 Å². The molecule has 0 atom stereocenters. The van der Waals surface area contributed by atoms with Crippen LogP contribution in [-0.2, 0) is 11.3 Å². The van der Waals surface area contributed by atoms with Crippen LogP contribution < -0.4 is 0 Å². The van der Waals surface area contributed by atoms with Crippen molar-refractivity contribution in [2.75, 3.05) is 26.2 Å². The van der Waals surface area contributed by atoms with E-state index in [1.165, 1.54) is 12.8 Å². The molecule has 1 saturated carbocycles. The lowest BCUT2D eigenvalue weighted by molar-refractivity contribution is -0.137. The van der Waals surface area contributed by atoms with Gasteiger partial charge in [-0.1, -0.05) is 26.7 Å². The van der Waals surface area contributed by atoms with Crippen LogP contribution in [0.3, 0.4) is 0 Å². The summed E-state index contributed by atoms with van der Waals surface area (Å²) in [5.74, 6) is 2.31. The molecule has 6 nitrogen and oxygen atoms in total. The molecule has 0 unspecified atom stereocenters. The van der Waals surface area contributed by atoms with Crippen molar-refractivity contribution in [1.29, 1.82) is 0 Å². The van der Waals surface area contributed by atoms with Crippen molar-refractivity contribution in [1.82, 2.24) is 20.0 Å². The molecule has 2 heterocycles. The third-order valence-corrected chi connectivity index (χ3v) is 4.72. The number of carbonyl (C=O) groups is 1. The Morgan fingerprint density at radius 1 is 1.18 bits per heavy atom. The highest BCUT2D eigenvalue weighted by molar-refractivity contribution is 5.79. The Morgan fingerprint density at radius 3 is 2.45 bits per heavy atom. The van der Waals surface area contributed by atoms with Gasteiger partial charge in [0.2, 0.25) is 17.7 Å². The molecule has 1 amide bonds. The molecule has 122 valence electrons. The number of rotatable bonds is 4. The number of amides is 1. The quantitative estimate of drug-likeness (QED) is 0.851. The first kappa shape index (κ1) is 15.5. The summed E-state index contributed by atoms with van der Waals surface area (Å²) in [5.41, 5.74) is 0. The first-order valence-corrected chi connectivity index (χ1v) is 8.47. The van der Waals surface area contributed by atoms with E-state index < -0.39 is 0 Å². The largest absolute Gasteiger partial charge is 0.424 e. The zero-order chi connectivity index (χ0) is 15.5. The molecule has 3 rings (SSSR count). The number of aromatic nitrogens is 2. The van der Waals surface area contributed by atoms with E-state index in [1.54, 1.807) is 0 Å². The summed E-state index contributed by atoms with van der Waals surface area (Å²) in [5, 5.41) is 8.18. The van der Waals surface area contributed by atoms with Crippen molar-refractivity contribution < 1.29 is 9.21 Å². The minimum absolute atomic E-state index is 0.266. The zero-order valence-corrected chi connectivity index (χ0v) is 13.6. The summed E-state index contributed by atoms with van der Waals surface area (Å²) < 4.78 is 5.66. The molecule has 22 heavy (non-hydrogen) atoms. The lowest BCUT2D eigenvalue weighted by Crippen LogP contribution is -2.49. The molecule has 1 aromatic rings. The topological polar surface area (TPSA) is 62.5 Å². The molecule has 0 radical (unpaired) electrons. The highest BCUT2D eigenvalue weighted by Crippen LogP contribution is 2.27. The monoisotopic (exact) mass is 306 g/mol. The van der Waals surface area contributed by atoms with Crippen molar-refractivity contribution >= 4 is 5.91 Å². The van der Waals surface area contributed by atoms with Crippen molar-refractivity contribution in [3.63, 3.8) is 0 Å². The van der Waals surface area contributed by atoms with Crippen LogP contribution in [0, 0.1) is 5.92 Å². The Labute approximate surface area is 131 Å². The summed E-state index contributed by atoms with van der Waals surface area (Å²) in [4.78, 5) is 16.7. The van der Waals surface area contributed by atoms with Crippen LogP contribution in [0.4, 0.5) is 0 Å². The van der Waals surface area contributed by atoms with Crippen LogP contribution in [-0.4, -0.2) is 52.1 Å². The summed E-state index contributed by atoms with van der Waals surface area (Å²) in [6.07, 6.45) is 4.59. The van der Waals surface area contributed by atoms with Gasteiger partial charge in [-0.15, -0.1) is 10.2 Å². The molecule has 1 saturated heterocycles. The second-order valence-corrected chi connectivity index (χ2v) is 6.77. The lowest BCUT2D eigenvalue weighted by atomic mass is 10.1. The van der Waals surface area contributed by atoms with Gasteiger partial charge in [0.1, 0.15) is 0 Å². The Balaban J connectivity index is 1.47.